The summed E-state index contributed by atoms with van der Waals surface area (Å²) in [5.74, 6) is 0. The maximum absolute atomic E-state index is 5.56. The number of benzene rings is 1. The lowest BCUT2D eigenvalue weighted by Gasteiger charge is -2.37. The molecule has 2 aliphatic heterocycles. The topological polar surface area (TPSA) is 15.7 Å². The van der Waals surface area contributed by atoms with Crippen molar-refractivity contribution in [1.82, 2.24) is 9.80 Å². The van der Waals surface area contributed by atoms with Crippen LogP contribution >= 0.6 is 0 Å². The van der Waals surface area contributed by atoms with Crippen LogP contribution in [0.15, 0.2) is 24.3 Å². The van der Waals surface area contributed by atoms with E-state index in [9.17, 15) is 0 Å². The summed E-state index contributed by atoms with van der Waals surface area (Å²) in [6, 6.07) is 9.80. The zero-order valence-corrected chi connectivity index (χ0v) is 14.0. The van der Waals surface area contributed by atoms with Crippen LogP contribution in [0, 0.1) is 6.92 Å². The van der Waals surface area contributed by atoms with Gasteiger partial charge < -0.3 is 4.74 Å². The number of aryl methyl sites for hydroxylation is 1. The maximum atomic E-state index is 5.56. The summed E-state index contributed by atoms with van der Waals surface area (Å²) >= 11 is 0. The maximum Gasteiger partial charge on any atom is 0.0593 e. The average molecular weight is 302 g/mol. The summed E-state index contributed by atoms with van der Waals surface area (Å²) in [6.45, 7) is 9.94. The van der Waals surface area contributed by atoms with Gasteiger partial charge in [-0.15, -0.1) is 0 Å². The fraction of sp³-hybridized carbons (Fsp3) is 0.684. The van der Waals surface area contributed by atoms with Crippen molar-refractivity contribution < 1.29 is 4.74 Å². The number of likely N-dealkylation sites (tertiary alicyclic amines) is 1. The lowest BCUT2D eigenvalue weighted by atomic mass is 9.94. The molecule has 0 radical (unpaired) electrons. The summed E-state index contributed by atoms with van der Waals surface area (Å²) in [6.07, 6.45) is 5.21. The standard InChI is InChI=1S/C19H30N2O/c1-17-6-8-18(9-7-17)19-5-2-3-11-21(19)13-12-20-10-4-15-22-16-14-20/h6-9,19H,2-5,10-16H2,1H3. The summed E-state index contributed by atoms with van der Waals surface area (Å²) in [7, 11) is 0. The van der Waals surface area contributed by atoms with Crippen LogP contribution in [-0.4, -0.2) is 55.7 Å². The molecule has 2 saturated heterocycles. The normalized spacial score (nSPS) is 25.0. The molecule has 0 N–H and O–H groups in total. The van der Waals surface area contributed by atoms with Crippen LogP contribution in [0.3, 0.4) is 0 Å². The lowest BCUT2D eigenvalue weighted by Crippen LogP contribution is -2.40. The van der Waals surface area contributed by atoms with E-state index in [-0.39, 0.29) is 0 Å². The van der Waals surface area contributed by atoms with E-state index in [2.05, 4.69) is 41.0 Å². The number of hydrogen-bond donors (Lipinski definition) is 0. The molecule has 2 fully saturated rings. The Morgan fingerprint density at radius 2 is 1.82 bits per heavy atom. The van der Waals surface area contributed by atoms with Crippen molar-refractivity contribution in [1.29, 1.82) is 0 Å². The van der Waals surface area contributed by atoms with Gasteiger partial charge in [-0.2, -0.15) is 0 Å². The molecule has 1 aromatic carbocycles. The monoisotopic (exact) mass is 302 g/mol. The molecule has 1 unspecified atom stereocenters. The molecule has 0 aromatic heterocycles. The Kier molecular flexibility index (Phi) is 5.88. The van der Waals surface area contributed by atoms with E-state index in [0.717, 1.165) is 19.8 Å². The average Bonchev–Trinajstić information content (AvgIpc) is 2.83. The van der Waals surface area contributed by atoms with Gasteiger partial charge in [0.25, 0.3) is 0 Å². The minimum Gasteiger partial charge on any atom is -0.380 e. The smallest absolute Gasteiger partial charge is 0.0593 e. The number of ether oxygens (including phenoxy) is 1. The fourth-order valence-corrected chi connectivity index (χ4v) is 3.72. The van der Waals surface area contributed by atoms with Crippen molar-refractivity contribution in [2.24, 2.45) is 0 Å². The minimum atomic E-state index is 0.623. The quantitative estimate of drug-likeness (QED) is 0.849. The first-order valence-electron chi connectivity index (χ1n) is 8.93. The Labute approximate surface area is 135 Å². The highest BCUT2D eigenvalue weighted by Crippen LogP contribution is 2.30. The highest BCUT2D eigenvalue weighted by molar-refractivity contribution is 5.24. The van der Waals surface area contributed by atoms with Crippen LogP contribution in [0.4, 0.5) is 0 Å². The van der Waals surface area contributed by atoms with E-state index in [4.69, 9.17) is 4.74 Å². The molecular formula is C19H30N2O. The third kappa shape index (κ3) is 4.31. The third-order valence-corrected chi connectivity index (χ3v) is 5.09. The van der Waals surface area contributed by atoms with E-state index in [0.29, 0.717) is 6.04 Å². The summed E-state index contributed by atoms with van der Waals surface area (Å²) < 4.78 is 5.56. The Morgan fingerprint density at radius 1 is 0.955 bits per heavy atom. The van der Waals surface area contributed by atoms with E-state index in [1.165, 1.54) is 63.0 Å². The molecule has 122 valence electrons. The van der Waals surface area contributed by atoms with Gasteiger partial charge in [-0.3, -0.25) is 9.80 Å². The molecule has 1 aromatic rings. The second kappa shape index (κ2) is 8.09. The van der Waals surface area contributed by atoms with Gasteiger partial charge in [0.05, 0.1) is 6.61 Å². The van der Waals surface area contributed by atoms with Crippen LogP contribution < -0.4 is 0 Å². The third-order valence-electron chi connectivity index (χ3n) is 5.09. The van der Waals surface area contributed by atoms with E-state index >= 15 is 0 Å². The molecule has 0 amide bonds. The van der Waals surface area contributed by atoms with Crippen LogP contribution in [-0.2, 0) is 4.74 Å². The second-order valence-electron chi connectivity index (χ2n) is 6.77. The van der Waals surface area contributed by atoms with Crippen molar-refractivity contribution in [3.8, 4) is 0 Å². The Bertz CT molecular complexity index is 437. The van der Waals surface area contributed by atoms with Gasteiger partial charge in [0.2, 0.25) is 0 Å². The molecule has 0 aliphatic carbocycles. The predicted octanol–water partition coefficient (Wildman–Crippen LogP) is 3.24. The number of hydrogen-bond acceptors (Lipinski definition) is 3. The molecule has 22 heavy (non-hydrogen) atoms. The molecule has 3 rings (SSSR count). The zero-order chi connectivity index (χ0) is 15.2. The summed E-state index contributed by atoms with van der Waals surface area (Å²) in [5, 5.41) is 0. The number of piperidine rings is 1. The van der Waals surface area contributed by atoms with Crippen LogP contribution in [0.2, 0.25) is 0 Å². The van der Waals surface area contributed by atoms with Crippen LogP contribution in [0.25, 0.3) is 0 Å². The first kappa shape index (κ1) is 16.0. The summed E-state index contributed by atoms with van der Waals surface area (Å²) in [4.78, 5) is 5.29. The van der Waals surface area contributed by atoms with Crippen molar-refractivity contribution in [2.75, 3.05) is 45.9 Å². The van der Waals surface area contributed by atoms with E-state index in [1.54, 1.807) is 0 Å². The highest BCUT2D eigenvalue weighted by atomic mass is 16.5. The van der Waals surface area contributed by atoms with Gasteiger partial charge in [0.1, 0.15) is 0 Å². The number of rotatable bonds is 4. The van der Waals surface area contributed by atoms with Crippen molar-refractivity contribution in [3.05, 3.63) is 35.4 Å². The molecule has 0 spiro atoms. The van der Waals surface area contributed by atoms with Gasteiger partial charge in [-0.1, -0.05) is 36.2 Å². The molecule has 0 bridgehead atoms. The van der Waals surface area contributed by atoms with Crippen LogP contribution in [0.5, 0.6) is 0 Å². The zero-order valence-electron chi connectivity index (χ0n) is 14.0. The Hall–Kier alpha value is -0.900. The largest absolute Gasteiger partial charge is 0.380 e. The SMILES string of the molecule is Cc1ccc(C2CCCCN2CCN2CCCOCC2)cc1. The Balaban J connectivity index is 1.58. The lowest BCUT2D eigenvalue weighted by molar-refractivity contribution is 0.117. The molecule has 2 aliphatic rings. The molecule has 2 heterocycles. The second-order valence-corrected chi connectivity index (χ2v) is 6.77. The van der Waals surface area contributed by atoms with Gasteiger partial charge in [0, 0.05) is 38.8 Å². The van der Waals surface area contributed by atoms with Gasteiger partial charge in [-0.05, 0) is 38.3 Å². The molecule has 0 saturated carbocycles. The molecule has 3 nitrogen and oxygen atoms in total. The predicted molar refractivity (Wildman–Crippen MR) is 91.2 cm³/mol. The van der Waals surface area contributed by atoms with Crippen LogP contribution in [0.1, 0.15) is 42.9 Å². The fourth-order valence-electron chi connectivity index (χ4n) is 3.72. The van der Waals surface area contributed by atoms with Gasteiger partial charge in [0.15, 0.2) is 0 Å². The van der Waals surface area contributed by atoms with Gasteiger partial charge in [-0.25, -0.2) is 0 Å². The summed E-state index contributed by atoms with van der Waals surface area (Å²) in [5.41, 5.74) is 2.86. The molecule has 3 heteroatoms. The minimum absolute atomic E-state index is 0.623. The van der Waals surface area contributed by atoms with E-state index < -0.39 is 0 Å². The van der Waals surface area contributed by atoms with Crippen molar-refractivity contribution in [3.63, 3.8) is 0 Å². The first-order valence-corrected chi connectivity index (χ1v) is 8.93. The molecular weight excluding hydrogens is 272 g/mol. The van der Waals surface area contributed by atoms with Gasteiger partial charge >= 0.3 is 0 Å². The number of nitrogens with zero attached hydrogens (tertiary/aromatic N) is 2. The first-order chi connectivity index (χ1) is 10.8. The highest BCUT2D eigenvalue weighted by Gasteiger charge is 2.24. The Morgan fingerprint density at radius 3 is 2.68 bits per heavy atom. The van der Waals surface area contributed by atoms with E-state index in [1.807, 2.05) is 0 Å². The van der Waals surface area contributed by atoms with Crippen molar-refractivity contribution in [2.45, 2.75) is 38.6 Å². The van der Waals surface area contributed by atoms with Crippen molar-refractivity contribution >= 4 is 0 Å². The molecule has 1 atom stereocenters.